The van der Waals surface area contributed by atoms with Crippen molar-refractivity contribution in [2.45, 2.75) is 13.5 Å². The molecule has 0 fully saturated rings. The fraction of sp³-hybridized carbons (Fsp3) is 0.250. The molecular formula is C16H22N+. The number of nitrogens with one attached hydrogen (secondary N) is 1. The summed E-state index contributed by atoms with van der Waals surface area (Å²) in [6.45, 7) is 3.20. The Kier molecular flexibility index (Phi) is 6.05. The standard InChI is InChI=1S/C9H13N.C7H8/c1-10(2)8-9-6-4-3-5-7-9;1-7-5-3-2-4-6-7/h3-7H,8H2,1-2H3;2-6H,1H3/p+1. The third kappa shape index (κ3) is 6.54. The third-order valence-electron chi connectivity index (χ3n) is 2.34. The van der Waals surface area contributed by atoms with Crippen molar-refractivity contribution in [3.8, 4) is 0 Å². The van der Waals surface area contributed by atoms with E-state index in [9.17, 15) is 0 Å². The molecular weight excluding hydrogens is 206 g/mol. The van der Waals surface area contributed by atoms with E-state index in [4.69, 9.17) is 0 Å². The van der Waals surface area contributed by atoms with E-state index in [1.165, 1.54) is 16.0 Å². The molecule has 0 bridgehead atoms. The van der Waals surface area contributed by atoms with Gasteiger partial charge in [-0.05, 0) is 6.92 Å². The van der Waals surface area contributed by atoms with Crippen molar-refractivity contribution in [1.29, 1.82) is 0 Å². The minimum Gasteiger partial charge on any atom is -0.336 e. The van der Waals surface area contributed by atoms with Gasteiger partial charge in [0.2, 0.25) is 0 Å². The molecule has 2 rings (SSSR count). The van der Waals surface area contributed by atoms with E-state index in [-0.39, 0.29) is 0 Å². The van der Waals surface area contributed by atoms with Crippen molar-refractivity contribution < 1.29 is 4.90 Å². The summed E-state index contributed by atoms with van der Waals surface area (Å²) >= 11 is 0. The summed E-state index contributed by atoms with van der Waals surface area (Å²) in [6, 6.07) is 20.8. The van der Waals surface area contributed by atoms with Crippen molar-refractivity contribution in [3.05, 3.63) is 71.8 Å². The van der Waals surface area contributed by atoms with Gasteiger partial charge in [0.25, 0.3) is 0 Å². The molecule has 0 heterocycles. The molecule has 0 spiro atoms. The van der Waals surface area contributed by atoms with Crippen LogP contribution in [0.2, 0.25) is 0 Å². The highest BCUT2D eigenvalue weighted by atomic mass is 15.0. The fourth-order valence-corrected chi connectivity index (χ4v) is 1.54. The van der Waals surface area contributed by atoms with Crippen LogP contribution in [0.4, 0.5) is 0 Å². The molecule has 1 N–H and O–H groups in total. The van der Waals surface area contributed by atoms with Gasteiger partial charge in [0.15, 0.2) is 0 Å². The van der Waals surface area contributed by atoms with E-state index in [2.05, 4.69) is 63.5 Å². The molecule has 17 heavy (non-hydrogen) atoms. The second kappa shape index (κ2) is 7.64. The maximum Gasteiger partial charge on any atom is 0.102 e. The number of benzene rings is 2. The quantitative estimate of drug-likeness (QED) is 0.804. The lowest BCUT2D eigenvalue weighted by Gasteiger charge is -2.05. The Hall–Kier alpha value is -1.60. The van der Waals surface area contributed by atoms with Crippen molar-refractivity contribution in [2.75, 3.05) is 14.1 Å². The van der Waals surface area contributed by atoms with E-state index in [1.54, 1.807) is 0 Å². The van der Waals surface area contributed by atoms with E-state index in [0.717, 1.165) is 6.54 Å². The summed E-state index contributed by atoms with van der Waals surface area (Å²) < 4.78 is 0. The molecule has 0 radical (unpaired) electrons. The van der Waals surface area contributed by atoms with Gasteiger partial charge in [0.05, 0.1) is 14.1 Å². The summed E-state index contributed by atoms with van der Waals surface area (Å²) in [4.78, 5) is 1.46. The topological polar surface area (TPSA) is 4.44 Å². The van der Waals surface area contributed by atoms with Crippen LogP contribution in [0.1, 0.15) is 11.1 Å². The predicted molar refractivity (Wildman–Crippen MR) is 74.1 cm³/mol. The van der Waals surface area contributed by atoms with Crippen LogP contribution in [0.3, 0.4) is 0 Å². The van der Waals surface area contributed by atoms with Crippen LogP contribution < -0.4 is 4.90 Å². The fourth-order valence-electron chi connectivity index (χ4n) is 1.54. The molecule has 1 heteroatoms. The molecule has 2 aromatic carbocycles. The SMILES string of the molecule is C[NH+](C)Cc1ccccc1.Cc1ccccc1. The Morgan fingerprint density at radius 1 is 0.765 bits per heavy atom. The van der Waals surface area contributed by atoms with Crippen LogP contribution in [0.25, 0.3) is 0 Å². The molecule has 0 saturated heterocycles. The molecule has 1 nitrogen and oxygen atoms in total. The zero-order chi connectivity index (χ0) is 12.5. The largest absolute Gasteiger partial charge is 0.336 e. The summed E-state index contributed by atoms with van der Waals surface area (Å²) in [5.74, 6) is 0. The van der Waals surface area contributed by atoms with Gasteiger partial charge >= 0.3 is 0 Å². The Balaban J connectivity index is 0.000000181. The van der Waals surface area contributed by atoms with Crippen LogP contribution >= 0.6 is 0 Å². The second-order valence-corrected chi connectivity index (χ2v) is 4.52. The molecule has 2 aromatic rings. The van der Waals surface area contributed by atoms with Crippen LogP contribution in [0.5, 0.6) is 0 Å². The average molecular weight is 228 g/mol. The van der Waals surface area contributed by atoms with Crippen LogP contribution in [0.15, 0.2) is 60.7 Å². The van der Waals surface area contributed by atoms with Gasteiger partial charge in [0.1, 0.15) is 6.54 Å². The molecule has 0 amide bonds. The van der Waals surface area contributed by atoms with Crippen LogP contribution in [-0.2, 0) is 6.54 Å². The van der Waals surface area contributed by atoms with Gasteiger partial charge in [0, 0.05) is 5.56 Å². The Labute approximate surface area is 105 Å². The van der Waals surface area contributed by atoms with Crippen molar-refractivity contribution >= 4 is 0 Å². The Morgan fingerprint density at radius 3 is 1.59 bits per heavy atom. The lowest BCUT2D eigenvalue weighted by Crippen LogP contribution is -3.04. The first-order chi connectivity index (χ1) is 8.18. The van der Waals surface area contributed by atoms with E-state index in [0.29, 0.717) is 0 Å². The Bertz CT molecular complexity index is 392. The summed E-state index contributed by atoms with van der Waals surface area (Å²) in [5, 5.41) is 0. The summed E-state index contributed by atoms with van der Waals surface area (Å²) in [7, 11) is 4.32. The average Bonchev–Trinajstić information content (AvgIpc) is 2.31. The molecule has 0 aromatic heterocycles. The summed E-state index contributed by atoms with van der Waals surface area (Å²) in [5.41, 5.74) is 2.73. The maximum atomic E-state index is 2.16. The van der Waals surface area contributed by atoms with Gasteiger partial charge in [-0.15, -0.1) is 0 Å². The van der Waals surface area contributed by atoms with Crippen LogP contribution in [-0.4, -0.2) is 14.1 Å². The lowest BCUT2D eigenvalue weighted by molar-refractivity contribution is -0.872. The first kappa shape index (κ1) is 13.5. The molecule has 0 unspecified atom stereocenters. The Morgan fingerprint density at radius 2 is 1.24 bits per heavy atom. The van der Waals surface area contributed by atoms with E-state index < -0.39 is 0 Å². The number of quaternary nitrogens is 1. The first-order valence-electron chi connectivity index (χ1n) is 6.03. The summed E-state index contributed by atoms with van der Waals surface area (Å²) in [6.07, 6.45) is 0. The highest BCUT2D eigenvalue weighted by molar-refractivity contribution is 5.13. The zero-order valence-electron chi connectivity index (χ0n) is 11.0. The van der Waals surface area contributed by atoms with Crippen LogP contribution in [0, 0.1) is 6.92 Å². The third-order valence-corrected chi connectivity index (χ3v) is 2.34. The molecule has 0 saturated carbocycles. The molecule has 90 valence electrons. The first-order valence-corrected chi connectivity index (χ1v) is 6.03. The normalized spacial score (nSPS) is 9.65. The van der Waals surface area contributed by atoms with Crippen molar-refractivity contribution in [3.63, 3.8) is 0 Å². The van der Waals surface area contributed by atoms with Gasteiger partial charge < -0.3 is 4.90 Å². The smallest absolute Gasteiger partial charge is 0.102 e. The van der Waals surface area contributed by atoms with Crippen molar-refractivity contribution in [1.82, 2.24) is 0 Å². The van der Waals surface area contributed by atoms with Gasteiger partial charge in [-0.1, -0.05) is 66.2 Å². The molecule has 0 aliphatic carbocycles. The zero-order valence-corrected chi connectivity index (χ0v) is 11.0. The number of aryl methyl sites for hydroxylation is 1. The monoisotopic (exact) mass is 228 g/mol. The molecule has 0 aliphatic heterocycles. The molecule has 0 atom stereocenters. The second-order valence-electron chi connectivity index (χ2n) is 4.52. The number of hydrogen-bond donors (Lipinski definition) is 1. The maximum absolute atomic E-state index is 2.16. The van der Waals surface area contributed by atoms with E-state index >= 15 is 0 Å². The van der Waals surface area contributed by atoms with Gasteiger partial charge in [-0.3, -0.25) is 0 Å². The predicted octanol–water partition coefficient (Wildman–Crippen LogP) is 2.33. The highest BCUT2D eigenvalue weighted by Crippen LogP contribution is 1.94. The lowest BCUT2D eigenvalue weighted by atomic mass is 10.2. The van der Waals surface area contributed by atoms with Crippen molar-refractivity contribution in [2.24, 2.45) is 0 Å². The van der Waals surface area contributed by atoms with Gasteiger partial charge in [-0.25, -0.2) is 0 Å². The van der Waals surface area contributed by atoms with Gasteiger partial charge in [-0.2, -0.15) is 0 Å². The highest BCUT2D eigenvalue weighted by Gasteiger charge is 1.93. The number of hydrogen-bond acceptors (Lipinski definition) is 0. The molecule has 0 aliphatic rings. The number of rotatable bonds is 2. The minimum absolute atomic E-state index is 1.11. The van der Waals surface area contributed by atoms with E-state index in [1.807, 2.05) is 18.2 Å². The minimum atomic E-state index is 1.11.